The minimum Gasteiger partial charge on any atom is -0.495 e. The molecule has 1 aliphatic heterocycles. The number of methoxy groups -OCH3 is 1. The standard InChI is InChI=1S/C23H30FN5O3S.ClH/c1-23(2,3)33(30,31)19-14-29-17(13-27-22(29)11-18(19)32-4)16-9-20(24)28-21(10-16)26-12-15-5-7-25-8-6-15;/h9-11,13-15,25H,5-8,12H2,1-4H3,(H,26,28);1H. The van der Waals surface area contributed by atoms with Crippen LogP contribution in [0, 0.1) is 11.9 Å². The molecule has 1 saturated heterocycles. The molecule has 2 N–H and O–H groups in total. The Morgan fingerprint density at radius 2 is 1.94 bits per heavy atom. The third-order valence-corrected chi connectivity index (χ3v) is 8.51. The highest BCUT2D eigenvalue weighted by Gasteiger charge is 2.34. The van der Waals surface area contributed by atoms with Gasteiger partial charge in [0.25, 0.3) is 0 Å². The molecule has 11 heteroatoms. The van der Waals surface area contributed by atoms with Crippen LogP contribution < -0.4 is 15.4 Å². The largest absolute Gasteiger partial charge is 0.495 e. The van der Waals surface area contributed by atoms with E-state index in [1.165, 1.54) is 19.4 Å². The van der Waals surface area contributed by atoms with Crippen LogP contribution in [0.1, 0.15) is 33.6 Å². The number of halogens is 2. The molecule has 34 heavy (non-hydrogen) atoms. The lowest BCUT2D eigenvalue weighted by molar-refractivity contribution is 0.389. The Hall–Kier alpha value is -2.43. The molecule has 0 spiro atoms. The molecular formula is C23H31ClFN5O3S. The monoisotopic (exact) mass is 511 g/mol. The second kappa shape index (κ2) is 10.1. The summed E-state index contributed by atoms with van der Waals surface area (Å²) >= 11 is 0. The maximum atomic E-state index is 14.4. The fraction of sp³-hybridized carbons (Fsp3) is 0.478. The zero-order chi connectivity index (χ0) is 23.8. The van der Waals surface area contributed by atoms with Gasteiger partial charge in [0.2, 0.25) is 5.95 Å². The van der Waals surface area contributed by atoms with Crippen molar-refractivity contribution in [3.63, 3.8) is 0 Å². The number of fused-ring (bicyclic) bond motifs is 1. The molecule has 0 bridgehead atoms. The quantitative estimate of drug-likeness (QED) is 0.483. The number of ether oxygens (including phenoxy) is 1. The summed E-state index contributed by atoms with van der Waals surface area (Å²) in [6.45, 7) is 7.60. The Balaban J connectivity index is 0.00000324. The molecule has 0 radical (unpaired) electrons. The van der Waals surface area contributed by atoms with Crippen molar-refractivity contribution in [1.29, 1.82) is 0 Å². The van der Waals surface area contributed by atoms with Crippen LogP contribution in [0.2, 0.25) is 0 Å². The molecule has 3 aromatic heterocycles. The minimum atomic E-state index is -3.70. The Morgan fingerprint density at radius 1 is 1.24 bits per heavy atom. The summed E-state index contributed by atoms with van der Waals surface area (Å²) in [5.74, 6) is 0.550. The van der Waals surface area contributed by atoms with Crippen LogP contribution in [0.15, 0.2) is 35.5 Å². The van der Waals surface area contributed by atoms with Gasteiger partial charge >= 0.3 is 0 Å². The summed E-state index contributed by atoms with van der Waals surface area (Å²) in [5, 5.41) is 6.59. The summed E-state index contributed by atoms with van der Waals surface area (Å²) in [6.07, 6.45) is 5.22. The first-order valence-corrected chi connectivity index (χ1v) is 12.5. The maximum Gasteiger partial charge on any atom is 0.215 e. The van der Waals surface area contributed by atoms with Crippen LogP contribution in [0.5, 0.6) is 5.75 Å². The normalized spacial score (nSPS) is 15.2. The number of nitrogens with one attached hydrogen (secondary N) is 2. The molecule has 1 fully saturated rings. The molecule has 0 atom stereocenters. The molecular weight excluding hydrogens is 481 g/mol. The Bertz CT molecular complexity index is 1270. The van der Waals surface area contributed by atoms with Gasteiger partial charge < -0.3 is 15.4 Å². The van der Waals surface area contributed by atoms with E-state index in [9.17, 15) is 12.8 Å². The van der Waals surface area contributed by atoms with Crippen LogP contribution in [-0.2, 0) is 9.84 Å². The van der Waals surface area contributed by atoms with Crippen molar-refractivity contribution < 1.29 is 17.5 Å². The van der Waals surface area contributed by atoms with E-state index in [1.54, 1.807) is 43.5 Å². The zero-order valence-corrected chi connectivity index (χ0v) is 21.4. The second-order valence-corrected chi connectivity index (χ2v) is 12.0. The van der Waals surface area contributed by atoms with E-state index in [1.807, 2.05) is 0 Å². The number of aromatic nitrogens is 3. The molecule has 8 nitrogen and oxygen atoms in total. The zero-order valence-electron chi connectivity index (χ0n) is 19.8. The Morgan fingerprint density at radius 3 is 2.59 bits per heavy atom. The van der Waals surface area contributed by atoms with E-state index in [4.69, 9.17) is 4.74 Å². The summed E-state index contributed by atoms with van der Waals surface area (Å²) in [5.41, 5.74) is 1.60. The molecule has 4 rings (SSSR count). The summed E-state index contributed by atoms with van der Waals surface area (Å²) in [7, 11) is -2.28. The Labute approximate surface area is 205 Å². The number of hydrogen-bond donors (Lipinski definition) is 2. The van der Waals surface area contributed by atoms with Crippen molar-refractivity contribution >= 4 is 33.7 Å². The molecule has 1 aliphatic rings. The van der Waals surface area contributed by atoms with E-state index in [-0.39, 0.29) is 23.1 Å². The van der Waals surface area contributed by atoms with E-state index in [0.29, 0.717) is 28.6 Å². The van der Waals surface area contributed by atoms with Crippen molar-refractivity contribution in [1.82, 2.24) is 19.7 Å². The van der Waals surface area contributed by atoms with Crippen molar-refractivity contribution in [2.75, 3.05) is 32.1 Å². The molecule has 0 amide bonds. The third kappa shape index (κ3) is 5.13. The highest BCUT2D eigenvalue weighted by molar-refractivity contribution is 7.92. The third-order valence-electron chi connectivity index (χ3n) is 6.01. The number of hydrogen-bond acceptors (Lipinski definition) is 7. The lowest BCUT2D eigenvalue weighted by atomic mass is 9.98. The van der Waals surface area contributed by atoms with Gasteiger partial charge in [-0.15, -0.1) is 12.4 Å². The van der Waals surface area contributed by atoms with Crippen LogP contribution in [0.4, 0.5) is 10.2 Å². The van der Waals surface area contributed by atoms with Gasteiger partial charge in [0, 0.05) is 30.4 Å². The smallest absolute Gasteiger partial charge is 0.215 e. The molecule has 4 heterocycles. The summed E-state index contributed by atoms with van der Waals surface area (Å²) in [6, 6.07) is 4.66. The number of anilines is 1. The van der Waals surface area contributed by atoms with E-state index >= 15 is 0 Å². The highest BCUT2D eigenvalue weighted by atomic mass is 35.5. The van der Waals surface area contributed by atoms with Gasteiger partial charge in [0.15, 0.2) is 9.84 Å². The number of piperidine rings is 1. The summed E-state index contributed by atoms with van der Waals surface area (Å²) < 4.78 is 46.8. The lowest BCUT2D eigenvalue weighted by Crippen LogP contribution is -2.31. The van der Waals surface area contributed by atoms with Crippen molar-refractivity contribution in [3.8, 4) is 17.0 Å². The van der Waals surface area contributed by atoms with E-state index in [2.05, 4.69) is 20.6 Å². The average molecular weight is 512 g/mol. The fourth-order valence-corrected chi connectivity index (χ4v) is 5.27. The van der Waals surface area contributed by atoms with E-state index < -0.39 is 20.5 Å². The van der Waals surface area contributed by atoms with Crippen molar-refractivity contribution in [2.45, 2.75) is 43.3 Å². The lowest BCUT2D eigenvalue weighted by Gasteiger charge is -2.23. The van der Waals surface area contributed by atoms with Gasteiger partial charge in [-0.1, -0.05) is 0 Å². The topological polar surface area (TPSA) is 97.6 Å². The number of rotatable bonds is 6. The van der Waals surface area contributed by atoms with Crippen LogP contribution >= 0.6 is 12.4 Å². The predicted molar refractivity (Wildman–Crippen MR) is 133 cm³/mol. The van der Waals surface area contributed by atoms with Crippen molar-refractivity contribution in [3.05, 3.63) is 36.5 Å². The molecule has 0 unspecified atom stereocenters. The van der Waals surface area contributed by atoms with Crippen LogP contribution in [0.3, 0.4) is 0 Å². The molecule has 3 aromatic rings. The number of sulfone groups is 1. The number of pyridine rings is 2. The van der Waals surface area contributed by atoms with Crippen LogP contribution in [0.25, 0.3) is 16.9 Å². The molecule has 0 aromatic carbocycles. The molecule has 0 saturated carbocycles. The van der Waals surface area contributed by atoms with Gasteiger partial charge in [-0.05, 0) is 58.7 Å². The SMILES string of the molecule is COc1cc2ncc(-c3cc(F)nc(NCC4CCNCC4)c3)n2cc1S(=O)(=O)C(C)(C)C.Cl. The first-order chi connectivity index (χ1) is 15.6. The first-order valence-electron chi connectivity index (χ1n) is 11.0. The molecule has 0 aliphatic carbocycles. The average Bonchev–Trinajstić information content (AvgIpc) is 3.19. The van der Waals surface area contributed by atoms with Gasteiger partial charge in [0.05, 0.1) is 23.7 Å². The minimum absolute atomic E-state index is 0. The first kappa shape index (κ1) is 26.2. The van der Waals surface area contributed by atoms with Crippen molar-refractivity contribution in [2.24, 2.45) is 5.92 Å². The number of imidazole rings is 1. The van der Waals surface area contributed by atoms with Gasteiger partial charge in [-0.25, -0.2) is 18.4 Å². The fourth-order valence-electron chi connectivity index (χ4n) is 3.96. The highest BCUT2D eigenvalue weighted by Crippen LogP contribution is 2.34. The second-order valence-electron chi connectivity index (χ2n) is 9.33. The maximum absolute atomic E-state index is 14.4. The summed E-state index contributed by atoms with van der Waals surface area (Å²) in [4.78, 5) is 8.43. The number of nitrogens with zero attached hydrogens (tertiary/aromatic N) is 3. The van der Waals surface area contributed by atoms with E-state index in [0.717, 1.165) is 32.5 Å². The predicted octanol–water partition coefficient (Wildman–Crippen LogP) is 3.95. The van der Waals surface area contributed by atoms with Gasteiger partial charge in [0.1, 0.15) is 22.1 Å². The van der Waals surface area contributed by atoms with Gasteiger partial charge in [-0.3, -0.25) is 4.40 Å². The van der Waals surface area contributed by atoms with Gasteiger partial charge in [-0.2, -0.15) is 4.39 Å². The molecule has 186 valence electrons. The van der Waals surface area contributed by atoms with Crippen LogP contribution in [-0.4, -0.2) is 54.3 Å². The Kier molecular flexibility index (Phi) is 7.74.